The first-order chi connectivity index (χ1) is 20.6. The normalized spacial score (nSPS) is 14.1. The second kappa shape index (κ2) is 12.7. The fourth-order valence-electron chi connectivity index (χ4n) is 5.30. The van der Waals surface area contributed by atoms with E-state index in [4.69, 9.17) is 40.6 Å². The third kappa shape index (κ3) is 6.46. The maximum absolute atomic E-state index is 12.6. The van der Waals surface area contributed by atoms with Crippen LogP contribution in [0.15, 0.2) is 60.7 Å². The van der Waals surface area contributed by atoms with Gasteiger partial charge in [-0.05, 0) is 79.8 Å². The van der Waals surface area contributed by atoms with Crippen LogP contribution in [-0.2, 0) is 28.8 Å². The van der Waals surface area contributed by atoms with E-state index in [-0.39, 0.29) is 25.1 Å². The van der Waals surface area contributed by atoms with Crippen molar-refractivity contribution in [2.45, 2.75) is 44.9 Å². The van der Waals surface area contributed by atoms with E-state index in [2.05, 4.69) is 17.4 Å². The number of carbonyl (C=O) groups is 1. The molecule has 218 valence electrons. The summed E-state index contributed by atoms with van der Waals surface area (Å²) in [6.45, 7) is 3.70. The zero-order valence-corrected chi connectivity index (χ0v) is 24.2. The van der Waals surface area contributed by atoms with Crippen LogP contribution in [-0.4, -0.2) is 47.3 Å². The molecule has 10 heteroatoms. The molecule has 1 N–H and O–H groups in total. The molecule has 4 aromatic rings. The number of ether oxygens (including phenoxy) is 4. The van der Waals surface area contributed by atoms with Crippen molar-refractivity contribution in [1.82, 2.24) is 14.8 Å². The summed E-state index contributed by atoms with van der Waals surface area (Å²) in [5.41, 5.74) is 4.78. The van der Waals surface area contributed by atoms with E-state index in [0.29, 0.717) is 48.5 Å². The number of rotatable bonds is 11. The quantitative estimate of drug-likeness (QED) is 0.216. The molecule has 0 aliphatic carbocycles. The molecule has 42 heavy (non-hydrogen) atoms. The summed E-state index contributed by atoms with van der Waals surface area (Å²) < 4.78 is 24.4. The topological polar surface area (TPSA) is 96.7 Å². The van der Waals surface area contributed by atoms with Gasteiger partial charge < -0.3 is 24.3 Å². The van der Waals surface area contributed by atoms with Gasteiger partial charge in [0.15, 0.2) is 11.5 Å². The van der Waals surface area contributed by atoms with E-state index in [1.54, 1.807) is 11.6 Å². The van der Waals surface area contributed by atoms with Gasteiger partial charge in [0.05, 0.1) is 31.0 Å². The summed E-state index contributed by atoms with van der Waals surface area (Å²) in [5, 5.41) is 8.93. The highest BCUT2D eigenvalue weighted by molar-refractivity contribution is 6.30. The van der Waals surface area contributed by atoms with Crippen molar-refractivity contribution < 1.29 is 23.7 Å². The molecule has 9 nitrogen and oxygen atoms in total. The highest BCUT2D eigenvalue weighted by atomic mass is 35.5. The molecular formula is C32H33ClN4O5. The van der Waals surface area contributed by atoms with Gasteiger partial charge >= 0.3 is 5.97 Å². The molecule has 0 radical (unpaired) electrons. The lowest BCUT2D eigenvalue weighted by Crippen LogP contribution is -2.14. The maximum Gasteiger partial charge on any atom is 0.306 e. The number of pyridine rings is 1. The number of aryl methyl sites for hydroxylation is 1. The van der Waals surface area contributed by atoms with Crippen LogP contribution in [0.2, 0.25) is 5.02 Å². The number of aromatic nitrogens is 3. The molecule has 4 heterocycles. The van der Waals surface area contributed by atoms with E-state index >= 15 is 0 Å². The van der Waals surface area contributed by atoms with Crippen LogP contribution in [0, 0.1) is 0 Å². The van der Waals surface area contributed by atoms with Crippen molar-refractivity contribution in [2.75, 3.05) is 31.9 Å². The Hall–Kier alpha value is -4.24. The lowest BCUT2D eigenvalue weighted by Gasteiger charge is -2.17. The van der Waals surface area contributed by atoms with Gasteiger partial charge in [-0.3, -0.25) is 4.79 Å². The number of halogens is 1. The number of esters is 1. The van der Waals surface area contributed by atoms with Gasteiger partial charge in [-0.25, -0.2) is 9.67 Å². The smallest absolute Gasteiger partial charge is 0.306 e. The van der Waals surface area contributed by atoms with E-state index < -0.39 is 0 Å². The van der Waals surface area contributed by atoms with Crippen LogP contribution >= 0.6 is 11.6 Å². The van der Waals surface area contributed by atoms with E-state index in [1.165, 1.54) is 5.56 Å². The van der Waals surface area contributed by atoms with Gasteiger partial charge in [0, 0.05) is 35.7 Å². The second-order valence-corrected chi connectivity index (χ2v) is 10.8. The van der Waals surface area contributed by atoms with Gasteiger partial charge in [0.25, 0.3) is 0 Å². The Labute approximate surface area is 249 Å². The Morgan fingerprint density at radius 3 is 2.79 bits per heavy atom. The molecule has 2 aromatic carbocycles. The van der Waals surface area contributed by atoms with Crippen molar-refractivity contribution in [3.05, 3.63) is 88.2 Å². The van der Waals surface area contributed by atoms with Crippen molar-refractivity contribution in [2.24, 2.45) is 0 Å². The summed E-state index contributed by atoms with van der Waals surface area (Å²) in [6, 6.07) is 19.4. The summed E-state index contributed by atoms with van der Waals surface area (Å²) in [5.74, 6) is 2.49. The number of hydrogen-bond donors (Lipinski definition) is 1. The van der Waals surface area contributed by atoms with Crippen LogP contribution < -0.4 is 19.5 Å². The fraction of sp³-hybridized carbons (Fsp3) is 0.344. The molecule has 6 rings (SSSR count). The Bertz CT molecular complexity index is 1560. The molecule has 0 amide bonds. The average molecular weight is 589 g/mol. The highest BCUT2D eigenvalue weighted by Crippen LogP contribution is 2.37. The monoisotopic (exact) mass is 588 g/mol. The van der Waals surface area contributed by atoms with Gasteiger partial charge in [-0.1, -0.05) is 23.7 Å². The minimum Gasteiger partial charge on any atom is -0.477 e. The van der Waals surface area contributed by atoms with Gasteiger partial charge in [-0.2, -0.15) is 5.10 Å². The highest BCUT2D eigenvalue weighted by Gasteiger charge is 2.24. The standard InChI is InChI=1S/C32H33ClN4O5/c1-2-39-31(38)18-23(22-6-12-28-29(17-22)42-20-41-28)16-26-19-30(37(36-26)27-10-7-24(33)8-11-27)40-15-13-25-9-5-21-4-3-14-34-32(21)35-25/h5-12,17,19,23H,2-4,13-16,18,20H2,1H3,(H,34,35). The predicted octanol–water partition coefficient (Wildman–Crippen LogP) is 5.91. The number of nitrogens with one attached hydrogen (secondary N) is 1. The third-order valence-electron chi connectivity index (χ3n) is 7.40. The second-order valence-electron chi connectivity index (χ2n) is 10.3. The summed E-state index contributed by atoms with van der Waals surface area (Å²) in [7, 11) is 0. The van der Waals surface area contributed by atoms with Crippen molar-refractivity contribution >= 4 is 23.4 Å². The van der Waals surface area contributed by atoms with E-state index in [1.807, 2.05) is 48.5 Å². The van der Waals surface area contributed by atoms with Crippen LogP contribution in [0.4, 0.5) is 5.82 Å². The number of benzene rings is 2. The molecule has 0 fully saturated rings. The number of anilines is 1. The van der Waals surface area contributed by atoms with Gasteiger partial charge in [-0.15, -0.1) is 0 Å². The average Bonchev–Trinajstić information content (AvgIpc) is 3.64. The zero-order chi connectivity index (χ0) is 28.9. The molecule has 0 bridgehead atoms. The number of carbonyl (C=O) groups excluding carboxylic acids is 1. The number of hydrogen-bond acceptors (Lipinski definition) is 8. The van der Waals surface area contributed by atoms with Crippen LogP contribution in [0.5, 0.6) is 17.4 Å². The molecule has 2 aliphatic heterocycles. The molecule has 1 unspecified atom stereocenters. The van der Waals surface area contributed by atoms with Gasteiger partial charge in [0.2, 0.25) is 12.7 Å². The van der Waals surface area contributed by atoms with Gasteiger partial charge in [0.1, 0.15) is 5.82 Å². The fourth-order valence-corrected chi connectivity index (χ4v) is 5.42. The Balaban J connectivity index is 1.24. The lowest BCUT2D eigenvalue weighted by atomic mass is 9.91. The molecule has 0 spiro atoms. The maximum atomic E-state index is 12.6. The molecule has 2 aliphatic rings. The minimum absolute atomic E-state index is 0.186. The summed E-state index contributed by atoms with van der Waals surface area (Å²) in [6.07, 6.45) is 3.53. The third-order valence-corrected chi connectivity index (χ3v) is 7.65. The van der Waals surface area contributed by atoms with Crippen LogP contribution in [0.25, 0.3) is 5.69 Å². The van der Waals surface area contributed by atoms with E-state index in [9.17, 15) is 4.79 Å². The lowest BCUT2D eigenvalue weighted by molar-refractivity contribution is -0.143. The van der Waals surface area contributed by atoms with Crippen molar-refractivity contribution in [3.63, 3.8) is 0 Å². The summed E-state index contributed by atoms with van der Waals surface area (Å²) in [4.78, 5) is 17.4. The number of nitrogens with zero attached hydrogens (tertiary/aromatic N) is 3. The largest absolute Gasteiger partial charge is 0.477 e. The zero-order valence-electron chi connectivity index (χ0n) is 23.5. The van der Waals surface area contributed by atoms with Crippen LogP contribution in [0.3, 0.4) is 0 Å². The predicted molar refractivity (Wildman–Crippen MR) is 159 cm³/mol. The van der Waals surface area contributed by atoms with Crippen molar-refractivity contribution in [3.8, 4) is 23.1 Å². The van der Waals surface area contributed by atoms with Crippen LogP contribution in [0.1, 0.15) is 48.2 Å². The Morgan fingerprint density at radius 2 is 1.93 bits per heavy atom. The molecule has 0 saturated carbocycles. The first-order valence-electron chi connectivity index (χ1n) is 14.3. The van der Waals surface area contributed by atoms with E-state index in [0.717, 1.165) is 47.8 Å². The molecule has 1 atom stereocenters. The SMILES string of the molecule is CCOC(=O)CC(Cc1cc(OCCc2ccc3c(n2)NCCC3)n(-c2ccc(Cl)cc2)n1)c1ccc2c(c1)OCO2. The Morgan fingerprint density at radius 1 is 1.07 bits per heavy atom. The molecule has 2 aromatic heterocycles. The number of fused-ring (bicyclic) bond motifs is 2. The minimum atomic E-state index is -0.263. The summed E-state index contributed by atoms with van der Waals surface area (Å²) >= 11 is 6.16. The molecule has 0 saturated heterocycles. The van der Waals surface area contributed by atoms with Crippen molar-refractivity contribution in [1.29, 1.82) is 0 Å². The first-order valence-corrected chi connectivity index (χ1v) is 14.7. The Kier molecular flexibility index (Phi) is 8.46. The molecular weight excluding hydrogens is 556 g/mol. The first kappa shape index (κ1) is 27.9.